The standard InChI is InChI=1S/C11H9ClN2O4S2/c12-5-3-20-10-7(6(15)4-19-2-1-13)9(16)14(10)8(5)11(17)18/h7,10H,2-4H2,(H,17,18)/t7?,10-/m1/s1. The minimum absolute atomic E-state index is 0.0781. The molecule has 0 aliphatic carbocycles. The van der Waals surface area contributed by atoms with Crippen LogP contribution in [0.3, 0.4) is 0 Å². The molecule has 0 aromatic rings. The van der Waals surface area contributed by atoms with E-state index < -0.39 is 23.2 Å². The molecule has 1 amide bonds. The first-order valence-corrected chi connectivity index (χ1v) is 8.11. The number of fused-ring (bicyclic) bond motifs is 1. The third-order valence-electron chi connectivity index (χ3n) is 2.88. The van der Waals surface area contributed by atoms with E-state index in [4.69, 9.17) is 22.0 Å². The number of hydrogen-bond acceptors (Lipinski definition) is 6. The van der Waals surface area contributed by atoms with Crippen LogP contribution in [-0.4, -0.2) is 50.3 Å². The first-order chi connectivity index (χ1) is 9.49. The lowest BCUT2D eigenvalue weighted by molar-refractivity contribution is -0.156. The molecule has 2 heterocycles. The molecule has 1 unspecified atom stereocenters. The Hall–Kier alpha value is -1.17. The number of rotatable bonds is 5. The molecule has 20 heavy (non-hydrogen) atoms. The van der Waals surface area contributed by atoms with Crippen LogP contribution in [0.2, 0.25) is 0 Å². The number of halogens is 1. The quantitative estimate of drug-likeness (QED) is 0.453. The second-order valence-corrected chi connectivity index (χ2v) is 6.61. The van der Waals surface area contributed by atoms with Gasteiger partial charge in [-0.2, -0.15) is 5.26 Å². The van der Waals surface area contributed by atoms with Crippen molar-refractivity contribution in [3.8, 4) is 6.07 Å². The fourth-order valence-electron chi connectivity index (χ4n) is 2.03. The van der Waals surface area contributed by atoms with Gasteiger partial charge in [0.2, 0.25) is 5.91 Å². The molecule has 0 saturated carbocycles. The second-order valence-electron chi connectivity index (χ2n) is 4.06. The molecule has 0 radical (unpaired) electrons. The first kappa shape index (κ1) is 15.2. The van der Waals surface area contributed by atoms with E-state index in [1.165, 1.54) is 11.8 Å². The van der Waals surface area contributed by atoms with Crippen LogP contribution < -0.4 is 0 Å². The Bertz CT molecular complexity index is 557. The number of hydrogen-bond donors (Lipinski definition) is 1. The summed E-state index contributed by atoms with van der Waals surface area (Å²) in [6, 6.07) is 1.90. The maximum atomic E-state index is 12.0. The molecule has 2 aliphatic heterocycles. The van der Waals surface area contributed by atoms with Gasteiger partial charge >= 0.3 is 5.97 Å². The molecule has 9 heteroatoms. The van der Waals surface area contributed by atoms with Crippen LogP contribution in [0.15, 0.2) is 10.7 Å². The number of β-lactam (4-membered cyclic amide) rings is 1. The Morgan fingerprint density at radius 3 is 2.90 bits per heavy atom. The number of aliphatic carboxylic acids is 1. The van der Waals surface area contributed by atoms with Gasteiger partial charge < -0.3 is 5.11 Å². The number of carbonyl (C=O) groups excluding carboxylic acids is 2. The number of amides is 1. The van der Waals surface area contributed by atoms with E-state index in [0.717, 1.165) is 16.7 Å². The molecule has 2 atom stereocenters. The van der Waals surface area contributed by atoms with Crippen LogP contribution in [0.5, 0.6) is 0 Å². The topological polar surface area (TPSA) is 98.5 Å². The van der Waals surface area contributed by atoms with Gasteiger partial charge in [0.05, 0.1) is 22.6 Å². The Morgan fingerprint density at radius 1 is 1.60 bits per heavy atom. The van der Waals surface area contributed by atoms with Crippen LogP contribution in [0.25, 0.3) is 0 Å². The maximum absolute atomic E-state index is 12.0. The number of nitrogens with zero attached hydrogens (tertiary/aromatic N) is 2. The van der Waals surface area contributed by atoms with Gasteiger partial charge in [-0.15, -0.1) is 23.5 Å². The molecular formula is C11H9ClN2O4S2. The lowest BCUT2D eigenvalue weighted by atomic mass is 9.93. The summed E-state index contributed by atoms with van der Waals surface area (Å²) < 4.78 is 0. The Labute approximate surface area is 128 Å². The van der Waals surface area contributed by atoms with Crippen molar-refractivity contribution in [2.45, 2.75) is 5.37 Å². The summed E-state index contributed by atoms with van der Waals surface area (Å²) in [5.41, 5.74) is -0.228. The highest BCUT2D eigenvalue weighted by Gasteiger charge is 2.56. The number of thioether (sulfide) groups is 2. The zero-order valence-corrected chi connectivity index (χ0v) is 12.4. The van der Waals surface area contributed by atoms with Gasteiger partial charge in [0, 0.05) is 5.75 Å². The van der Waals surface area contributed by atoms with Crippen LogP contribution in [0.1, 0.15) is 0 Å². The third-order valence-corrected chi connectivity index (χ3v) is 5.45. The predicted molar refractivity (Wildman–Crippen MR) is 75.0 cm³/mol. The van der Waals surface area contributed by atoms with Gasteiger partial charge in [-0.1, -0.05) is 11.6 Å². The molecule has 106 valence electrons. The van der Waals surface area contributed by atoms with Crippen LogP contribution in [-0.2, 0) is 14.4 Å². The van der Waals surface area contributed by atoms with E-state index in [9.17, 15) is 14.4 Å². The Morgan fingerprint density at radius 2 is 2.30 bits per heavy atom. The lowest BCUT2D eigenvalue weighted by Gasteiger charge is -2.48. The summed E-state index contributed by atoms with van der Waals surface area (Å²) in [6.07, 6.45) is 0. The molecule has 1 fully saturated rings. The zero-order chi connectivity index (χ0) is 14.9. The summed E-state index contributed by atoms with van der Waals surface area (Å²) in [7, 11) is 0. The smallest absolute Gasteiger partial charge is 0.353 e. The SMILES string of the molecule is N#CCSCC(=O)C1C(=O)N2C(C(=O)O)=C(Cl)CS[C@H]12. The third kappa shape index (κ3) is 2.53. The number of nitriles is 1. The normalized spacial score (nSPS) is 24.8. The average molecular weight is 333 g/mol. The van der Waals surface area contributed by atoms with Gasteiger partial charge in [-0.3, -0.25) is 14.5 Å². The Kier molecular flexibility index (Phi) is 4.62. The van der Waals surface area contributed by atoms with Crippen LogP contribution in [0, 0.1) is 17.2 Å². The number of ketones is 1. The van der Waals surface area contributed by atoms with Crippen LogP contribution in [0.4, 0.5) is 0 Å². The van der Waals surface area contributed by atoms with Gasteiger partial charge in [0.15, 0.2) is 5.78 Å². The maximum Gasteiger partial charge on any atom is 0.353 e. The van der Waals surface area contributed by atoms with Crippen molar-refractivity contribution in [2.24, 2.45) is 5.92 Å². The molecule has 0 spiro atoms. The largest absolute Gasteiger partial charge is 0.477 e. The van der Waals surface area contributed by atoms with E-state index in [-0.39, 0.29) is 33.8 Å². The number of carboxylic acid groups (broad SMARTS) is 1. The van der Waals surface area contributed by atoms with E-state index in [1.54, 1.807) is 0 Å². The highest BCUT2D eigenvalue weighted by Crippen LogP contribution is 2.45. The minimum Gasteiger partial charge on any atom is -0.477 e. The zero-order valence-electron chi connectivity index (χ0n) is 10.0. The van der Waals surface area contributed by atoms with Gasteiger partial charge in [-0.25, -0.2) is 4.79 Å². The molecule has 0 bridgehead atoms. The van der Waals surface area contributed by atoms with Gasteiger partial charge in [0.25, 0.3) is 0 Å². The van der Waals surface area contributed by atoms with E-state index >= 15 is 0 Å². The summed E-state index contributed by atoms with van der Waals surface area (Å²) in [5.74, 6) is -2.36. The van der Waals surface area contributed by atoms with Crippen molar-refractivity contribution in [2.75, 3.05) is 17.3 Å². The second kappa shape index (κ2) is 6.08. The van der Waals surface area contributed by atoms with E-state index in [1.807, 2.05) is 6.07 Å². The fraction of sp³-hybridized carbons (Fsp3) is 0.455. The highest BCUT2D eigenvalue weighted by atomic mass is 35.5. The first-order valence-electron chi connectivity index (χ1n) is 5.53. The highest BCUT2D eigenvalue weighted by molar-refractivity contribution is 8.00. The Balaban J connectivity index is 2.10. The summed E-state index contributed by atoms with van der Waals surface area (Å²) >= 11 is 8.25. The van der Waals surface area contributed by atoms with Crippen molar-refractivity contribution in [1.82, 2.24) is 4.90 Å². The van der Waals surface area contributed by atoms with Crippen molar-refractivity contribution in [3.63, 3.8) is 0 Å². The molecule has 2 aliphatic rings. The molecule has 1 saturated heterocycles. The molecule has 1 N–H and O–H groups in total. The molecule has 6 nitrogen and oxygen atoms in total. The van der Waals surface area contributed by atoms with E-state index in [2.05, 4.69) is 0 Å². The summed E-state index contributed by atoms with van der Waals surface area (Å²) in [6.45, 7) is 0. The minimum atomic E-state index is -1.27. The monoisotopic (exact) mass is 332 g/mol. The number of Topliss-reactive ketones (excluding diaryl/α,β-unsaturated/α-hetero) is 1. The predicted octanol–water partition coefficient (Wildman–Crippen LogP) is 0.879. The number of carbonyl (C=O) groups is 3. The van der Waals surface area contributed by atoms with Crippen molar-refractivity contribution in [3.05, 3.63) is 10.7 Å². The van der Waals surface area contributed by atoms with Gasteiger partial charge in [0.1, 0.15) is 17.0 Å². The summed E-state index contributed by atoms with van der Waals surface area (Å²) in [4.78, 5) is 36.1. The molecule has 0 aromatic carbocycles. The van der Waals surface area contributed by atoms with E-state index in [0.29, 0.717) is 0 Å². The molecular weight excluding hydrogens is 324 g/mol. The number of carboxylic acids is 1. The summed E-state index contributed by atoms with van der Waals surface area (Å²) in [5, 5.41) is 17.1. The van der Waals surface area contributed by atoms with Crippen LogP contribution >= 0.6 is 35.1 Å². The fourth-order valence-corrected chi connectivity index (χ4v) is 4.24. The average Bonchev–Trinajstić information content (AvgIpc) is 2.39. The molecule has 2 rings (SSSR count). The lowest BCUT2D eigenvalue weighted by Crippen LogP contribution is -2.64. The van der Waals surface area contributed by atoms with Gasteiger partial charge in [-0.05, 0) is 0 Å². The van der Waals surface area contributed by atoms with Crippen molar-refractivity contribution >= 4 is 52.8 Å². The van der Waals surface area contributed by atoms with Crippen molar-refractivity contribution < 1.29 is 19.5 Å². The van der Waals surface area contributed by atoms with Crippen molar-refractivity contribution in [1.29, 1.82) is 5.26 Å². The molecule has 0 aromatic heterocycles.